The van der Waals surface area contributed by atoms with E-state index in [1.54, 1.807) is 24.5 Å². The van der Waals surface area contributed by atoms with Crippen molar-refractivity contribution >= 4 is 0 Å². The van der Waals surface area contributed by atoms with Gasteiger partial charge in [-0.3, -0.25) is 4.98 Å². The number of hydrogen-bond acceptors (Lipinski definition) is 3. The number of nitrogens with zero attached hydrogens (tertiary/aromatic N) is 1. The minimum atomic E-state index is -2.10. The van der Waals surface area contributed by atoms with Crippen LogP contribution in [0.3, 0.4) is 0 Å². The highest BCUT2D eigenvalue weighted by molar-refractivity contribution is 5.11. The number of aliphatic hydroxyl groups is 1. The first kappa shape index (κ1) is 6.51. The molecule has 1 atom stereocenters. The highest BCUT2D eigenvalue weighted by Gasteiger charge is 2.05. The Morgan fingerprint density at radius 1 is 1.77 bits per heavy atom. The predicted molar refractivity (Wildman–Crippen MR) is 52.4 cm³/mol. The predicted octanol–water partition coefficient (Wildman–Crippen LogP) is 1.11. The smallest absolute Gasteiger partial charge is 0.0805 e. The Balaban J connectivity index is 2.24. The van der Waals surface area contributed by atoms with Gasteiger partial charge in [0.25, 0.3) is 0 Å². The number of nitrogens with one attached hydrogen (secondary N) is 1. The molecular weight excluding hydrogens is 164 g/mol. The van der Waals surface area contributed by atoms with Gasteiger partial charge in [-0.25, -0.2) is 0 Å². The minimum Gasteiger partial charge on any atom is -0.388 e. The first-order chi connectivity index (χ1) is 7.49. The molecule has 3 heteroatoms. The van der Waals surface area contributed by atoms with Crippen molar-refractivity contribution in [1.82, 2.24) is 10.3 Å². The molecule has 72 valence electrons. The average molecular weight is 183 g/mol. The molecule has 1 unspecified atom stereocenters. The molecule has 2 N–H and O–H groups in total. The summed E-state index contributed by atoms with van der Waals surface area (Å²) in [7, 11) is 0. The zero-order valence-electron chi connectivity index (χ0n) is 10.4. The van der Waals surface area contributed by atoms with Crippen molar-refractivity contribution in [1.29, 1.82) is 0 Å². The van der Waals surface area contributed by atoms with Gasteiger partial charge in [-0.2, -0.15) is 0 Å². The average Bonchev–Trinajstić information content (AvgIpc) is 2.24. The fraction of sp³-hybridized carbons (Fsp3) is 0.500. The van der Waals surface area contributed by atoms with E-state index >= 15 is 0 Å². The Morgan fingerprint density at radius 2 is 2.69 bits per heavy atom. The van der Waals surface area contributed by atoms with Crippen LogP contribution in [0.5, 0.6) is 0 Å². The summed E-state index contributed by atoms with van der Waals surface area (Å²) in [6, 6.07) is 3.56. The van der Waals surface area contributed by atoms with E-state index in [1.165, 1.54) is 0 Å². The molecule has 1 aromatic heterocycles. The largest absolute Gasteiger partial charge is 0.388 e. The maximum atomic E-state index is 9.74. The molecule has 0 bridgehead atoms. The van der Waals surface area contributed by atoms with Gasteiger partial charge in [-0.15, -0.1) is 0 Å². The molecule has 1 rings (SSSR count). The Labute approximate surface area is 83.0 Å². The Hall–Kier alpha value is -0.930. The standard InChI is InChI=1S/C10H16N2O/c1-11-6-3-5-10(13)9-4-2-7-12-8-9/h2,4,7-8,10-11,13H,3,5-6H2,1H3/i1D3. The fourth-order valence-corrected chi connectivity index (χ4v) is 1.12. The van der Waals surface area contributed by atoms with Crippen LogP contribution < -0.4 is 5.32 Å². The molecule has 0 aromatic carbocycles. The molecule has 0 amide bonds. The first-order valence-electron chi connectivity index (χ1n) is 5.82. The van der Waals surface area contributed by atoms with Crippen LogP contribution >= 0.6 is 0 Å². The van der Waals surface area contributed by atoms with E-state index < -0.39 is 13.1 Å². The molecule has 13 heavy (non-hydrogen) atoms. The Bertz CT molecular complexity index is 303. The molecule has 0 fully saturated rings. The van der Waals surface area contributed by atoms with Crippen LogP contribution in [0.15, 0.2) is 24.5 Å². The van der Waals surface area contributed by atoms with E-state index in [9.17, 15) is 5.11 Å². The summed E-state index contributed by atoms with van der Waals surface area (Å²) in [6.45, 7) is -1.73. The molecule has 0 saturated heterocycles. The van der Waals surface area contributed by atoms with Crippen LogP contribution in [-0.4, -0.2) is 23.6 Å². The summed E-state index contributed by atoms with van der Waals surface area (Å²) in [5.41, 5.74) is 0.761. The molecule has 0 aliphatic heterocycles. The van der Waals surface area contributed by atoms with E-state index in [0.29, 0.717) is 19.4 Å². The number of pyridine rings is 1. The third-order valence-corrected chi connectivity index (χ3v) is 1.85. The second-order valence-corrected chi connectivity index (χ2v) is 2.87. The van der Waals surface area contributed by atoms with Crippen molar-refractivity contribution in [2.24, 2.45) is 0 Å². The lowest BCUT2D eigenvalue weighted by atomic mass is 10.1. The summed E-state index contributed by atoms with van der Waals surface area (Å²) < 4.78 is 20.8. The molecule has 0 spiro atoms. The Morgan fingerprint density at radius 3 is 3.38 bits per heavy atom. The van der Waals surface area contributed by atoms with E-state index in [1.807, 2.05) is 0 Å². The molecule has 3 nitrogen and oxygen atoms in total. The zero-order chi connectivity index (χ0) is 12.0. The van der Waals surface area contributed by atoms with Gasteiger partial charge in [-0.1, -0.05) is 6.07 Å². The lowest BCUT2D eigenvalue weighted by Crippen LogP contribution is -2.09. The lowest BCUT2D eigenvalue weighted by molar-refractivity contribution is 0.164. The fourth-order valence-electron chi connectivity index (χ4n) is 1.12. The SMILES string of the molecule is [2H]C([2H])([2H])NCCCC(O)c1cccnc1. The van der Waals surface area contributed by atoms with Crippen LogP contribution in [0.25, 0.3) is 0 Å². The summed E-state index contributed by atoms with van der Waals surface area (Å²) in [6.07, 6.45) is 3.81. The summed E-state index contributed by atoms with van der Waals surface area (Å²) in [5, 5.41) is 12.1. The van der Waals surface area contributed by atoms with Gasteiger partial charge in [0.2, 0.25) is 0 Å². The van der Waals surface area contributed by atoms with Gasteiger partial charge in [0.15, 0.2) is 0 Å². The molecule has 0 aliphatic rings. The summed E-state index contributed by atoms with van der Waals surface area (Å²) in [4.78, 5) is 3.91. The molecule has 0 aliphatic carbocycles. The Kier molecular flexibility index (Phi) is 2.84. The molecule has 1 heterocycles. The van der Waals surface area contributed by atoms with Gasteiger partial charge in [0, 0.05) is 16.5 Å². The number of aliphatic hydroxyl groups excluding tert-OH is 1. The first-order valence-corrected chi connectivity index (χ1v) is 4.32. The number of rotatable bonds is 5. The summed E-state index contributed by atoms with van der Waals surface area (Å²) in [5.74, 6) is 0. The number of hydrogen-bond donors (Lipinski definition) is 2. The second-order valence-electron chi connectivity index (χ2n) is 2.87. The second kappa shape index (κ2) is 5.67. The highest BCUT2D eigenvalue weighted by atomic mass is 16.3. The van der Waals surface area contributed by atoms with E-state index in [-0.39, 0.29) is 0 Å². The van der Waals surface area contributed by atoms with Crippen LogP contribution in [0.4, 0.5) is 0 Å². The van der Waals surface area contributed by atoms with Crippen LogP contribution in [0, 0.1) is 0 Å². The normalized spacial score (nSPS) is 17.2. The summed E-state index contributed by atoms with van der Waals surface area (Å²) >= 11 is 0. The monoisotopic (exact) mass is 183 g/mol. The molecule has 0 radical (unpaired) electrons. The molecule has 0 saturated carbocycles. The molecular formula is C10H16N2O. The zero-order valence-corrected chi connectivity index (χ0v) is 7.40. The maximum Gasteiger partial charge on any atom is 0.0805 e. The van der Waals surface area contributed by atoms with Gasteiger partial charge in [0.1, 0.15) is 0 Å². The lowest BCUT2D eigenvalue weighted by Gasteiger charge is -2.09. The topological polar surface area (TPSA) is 45.1 Å². The van der Waals surface area contributed by atoms with Gasteiger partial charge >= 0.3 is 0 Å². The third kappa shape index (κ3) is 3.53. The van der Waals surface area contributed by atoms with E-state index in [2.05, 4.69) is 10.3 Å². The van der Waals surface area contributed by atoms with Crippen molar-refractivity contribution in [3.05, 3.63) is 30.1 Å². The van der Waals surface area contributed by atoms with Gasteiger partial charge < -0.3 is 10.4 Å². The van der Waals surface area contributed by atoms with Crippen LogP contribution in [-0.2, 0) is 0 Å². The van der Waals surface area contributed by atoms with Crippen molar-refractivity contribution in [2.45, 2.75) is 18.9 Å². The van der Waals surface area contributed by atoms with E-state index in [0.717, 1.165) is 5.56 Å². The number of aromatic nitrogens is 1. The van der Waals surface area contributed by atoms with Crippen LogP contribution in [0.1, 0.15) is 28.6 Å². The quantitative estimate of drug-likeness (QED) is 0.672. The van der Waals surface area contributed by atoms with Crippen molar-refractivity contribution in [2.75, 3.05) is 13.5 Å². The van der Waals surface area contributed by atoms with Crippen molar-refractivity contribution < 1.29 is 9.22 Å². The van der Waals surface area contributed by atoms with Crippen molar-refractivity contribution in [3.8, 4) is 0 Å². The molecule has 1 aromatic rings. The highest BCUT2D eigenvalue weighted by Crippen LogP contribution is 2.15. The van der Waals surface area contributed by atoms with E-state index in [4.69, 9.17) is 4.11 Å². The van der Waals surface area contributed by atoms with Crippen molar-refractivity contribution in [3.63, 3.8) is 0 Å². The van der Waals surface area contributed by atoms with Gasteiger partial charge in [-0.05, 0) is 38.0 Å². The van der Waals surface area contributed by atoms with Crippen LogP contribution in [0.2, 0.25) is 0 Å². The third-order valence-electron chi connectivity index (χ3n) is 1.85. The maximum absolute atomic E-state index is 9.74. The van der Waals surface area contributed by atoms with Gasteiger partial charge in [0.05, 0.1) is 6.10 Å². The minimum absolute atomic E-state index is 0.369.